The number of imide groups is 1. The van der Waals surface area contributed by atoms with Crippen LogP contribution in [0.2, 0.25) is 10.0 Å². The van der Waals surface area contributed by atoms with Crippen LogP contribution in [0.25, 0.3) is 0 Å². The summed E-state index contributed by atoms with van der Waals surface area (Å²) in [6, 6.07) is 8.02. The van der Waals surface area contributed by atoms with Gasteiger partial charge in [0.05, 0.1) is 42.9 Å². The molecule has 2 aromatic carbocycles. The van der Waals surface area contributed by atoms with Gasteiger partial charge in [0.1, 0.15) is 22.7 Å². The van der Waals surface area contributed by atoms with Crippen molar-refractivity contribution in [3.63, 3.8) is 0 Å². The van der Waals surface area contributed by atoms with Crippen molar-refractivity contribution in [3.8, 4) is 11.5 Å². The molecule has 1 atom stereocenters. The molecule has 3 aromatic rings. The third-order valence-electron chi connectivity index (χ3n) is 9.10. The van der Waals surface area contributed by atoms with Crippen molar-refractivity contribution in [2.75, 3.05) is 63.1 Å². The van der Waals surface area contributed by atoms with E-state index < -0.39 is 47.1 Å². The first-order chi connectivity index (χ1) is 25.7. The summed E-state index contributed by atoms with van der Waals surface area (Å²) in [5, 5.41) is 11.8. The number of pyridine rings is 1. The molecule has 290 valence electrons. The van der Waals surface area contributed by atoms with Crippen LogP contribution < -0.4 is 18.5 Å². The minimum Gasteiger partial charge on any atom is -0.619 e. The number of hydrogen-bond donors (Lipinski definition) is 0. The molecule has 0 radical (unpaired) electrons. The average Bonchev–Trinajstić information content (AvgIpc) is 3.91. The Morgan fingerprint density at radius 1 is 1.04 bits per heavy atom. The van der Waals surface area contributed by atoms with Crippen LogP contribution in [0, 0.1) is 11.1 Å². The zero-order valence-electron chi connectivity index (χ0n) is 28.9. The lowest BCUT2D eigenvalue weighted by molar-refractivity contribution is -0.605. The molecule has 14 nitrogen and oxygen atoms in total. The van der Waals surface area contributed by atoms with Crippen molar-refractivity contribution in [3.05, 3.63) is 86.3 Å². The van der Waals surface area contributed by atoms with E-state index in [1.165, 1.54) is 36.4 Å². The average molecular weight is 814 g/mol. The second-order valence-electron chi connectivity index (χ2n) is 13.0. The molecule has 2 fully saturated rings. The Bertz CT molecular complexity index is 2010. The Labute approximate surface area is 319 Å². The van der Waals surface area contributed by atoms with Gasteiger partial charge in [-0.1, -0.05) is 29.3 Å². The van der Waals surface area contributed by atoms with E-state index in [-0.39, 0.29) is 75.0 Å². The van der Waals surface area contributed by atoms with E-state index in [4.69, 9.17) is 37.4 Å². The highest BCUT2D eigenvalue weighted by Crippen LogP contribution is 2.38. The third-order valence-corrected chi connectivity index (χ3v) is 10.9. The number of esters is 1. The molecule has 3 aliphatic rings. The number of fused-ring (bicyclic) bond motifs is 1. The van der Waals surface area contributed by atoms with Crippen molar-refractivity contribution >= 4 is 56.7 Å². The number of anilines is 1. The highest BCUT2D eigenvalue weighted by atomic mass is 35.5. The molecule has 2 aliphatic heterocycles. The second-order valence-corrected chi connectivity index (χ2v) is 15.8. The van der Waals surface area contributed by atoms with Gasteiger partial charge in [0.15, 0.2) is 23.9 Å². The lowest BCUT2D eigenvalue weighted by Gasteiger charge is -2.30. The molecule has 1 saturated heterocycles. The monoisotopic (exact) mass is 812 g/mol. The molecule has 54 heavy (non-hydrogen) atoms. The van der Waals surface area contributed by atoms with Crippen LogP contribution >= 0.6 is 23.2 Å². The van der Waals surface area contributed by atoms with Crippen LogP contribution in [0.1, 0.15) is 50.8 Å². The van der Waals surface area contributed by atoms with E-state index in [2.05, 4.69) is 9.64 Å². The molecule has 0 bridgehead atoms. The Kier molecular flexibility index (Phi) is 12.1. The van der Waals surface area contributed by atoms with Gasteiger partial charge in [0.2, 0.25) is 10.0 Å². The summed E-state index contributed by atoms with van der Waals surface area (Å²) in [6.45, 7) is -0.907. The predicted molar refractivity (Wildman–Crippen MR) is 191 cm³/mol. The van der Waals surface area contributed by atoms with Crippen molar-refractivity contribution in [1.82, 2.24) is 9.80 Å². The van der Waals surface area contributed by atoms with Gasteiger partial charge in [-0.3, -0.25) is 28.5 Å². The maximum absolute atomic E-state index is 13.6. The van der Waals surface area contributed by atoms with Crippen LogP contribution in [0.15, 0.2) is 48.8 Å². The smallest absolute Gasteiger partial charge is 0.387 e. The van der Waals surface area contributed by atoms with Gasteiger partial charge in [-0.05, 0) is 54.7 Å². The van der Waals surface area contributed by atoms with Crippen molar-refractivity contribution in [2.45, 2.75) is 32.0 Å². The standard InChI is InChI=1S/C35H36Cl2F2N4O10S/c1-54(48,49)43(9-8-40-10-12-50-13-11-40)23-5-6-24-25(15-23)34(46)42(33(24)45)19-32(44)52-30(16-26-27(36)17-41(47)18-28(26)37)22-4-7-29(53-35(38)39)31(14-22)51-20-21-2-3-21/h4-7,14-15,17-18,21,30,35H,2-3,8-13,16,19-20H2,1H3. The number of morpholine rings is 1. The van der Waals surface area contributed by atoms with E-state index in [0.717, 1.165) is 35.8 Å². The minimum atomic E-state index is -3.79. The fourth-order valence-electron chi connectivity index (χ4n) is 6.11. The fraction of sp³-hybridized carbons (Fsp3) is 0.429. The Morgan fingerprint density at radius 2 is 1.72 bits per heavy atom. The lowest BCUT2D eigenvalue weighted by Crippen LogP contribution is -2.43. The number of benzene rings is 2. The number of alkyl halides is 2. The van der Waals surface area contributed by atoms with Crippen molar-refractivity contribution in [2.24, 2.45) is 5.92 Å². The number of aromatic nitrogens is 1. The maximum atomic E-state index is 13.6. The molecular weight excluding hydrogens is 777 g/mol. The van der Waals surface area contributed by atoms with E-state index >= 15 is 0 Å². The summed E-state index contributed by atoms with van der Waals surface area (Å²) in [5.41, 5.74) is 0.504. The fourth-order valence-corrected chi connectivity index (χ4v) is 7.62. The molecule has 6 rings (SSSR count). The zero-order valence-corrected chi connectivity index (χ0v) is 31.2. The van der Waals surface area contributed by atoms with Gasteiger partial charge in [0.25, 0.3) is 11.8 Å². The molecule has 1 aliphatic carbocycles. The number of rotatable bonds is 16. The number of sulfonamides is 1. The number of hydrogen-bond acceptors (Lipinski definition) is 11. The molecule has 0 N–H and O–H groups in total. The lowest BCUT2D eigenvalue weighted by atomic mass is 10.0. The topological polar surface area (TPSA) is 159 Å². The molecule has 0 spiro atoms. The quantitative estimate of drug-likeness (QED) is 0.0882. The molecule has 3 heterocycles. The largest absolute Gasteiger partial charge is 0.619 e. The maximum Gasteiger partial charge on any atom is 0.387 e. The number of carbonyl (C=O) groups is 3. The Morgan fingerprint density at radius 3 is 2.37 bits per heavy atom. The van der Waals surface area contributed by atoms with Crippen molar-refractivity contribution < 1.29 is 55.3 Å². The number of carbonyl (C=O) groups excluding carboxylic acids is 3. The Hall–Kier alpha value is -4.29. The summed E-state index contributed by atoms with van der Waals surface area (Å²) < 4.78 is 75.2. The molecular formula is C35H36Cl2F2N4O10S. The molecule has 1 unspecified atom stereocenters. The van der Waals surface area contributed by atoms with Crippen LogP contribution in [-0.4, -0.2) is 101 Å². The van der Waals surface area contributed by atoms with Crippen LogP contribution in [-0.2, 0) is 30.7 Å². The molecule has 19 heteroatoms. The van der Waals surface area contributed by atoms with E-state index in [0.29, 0.717) is 42.5 Å². The van der Waals surface area contributed by atoms with E-state index in [1.54, 1.807) is 0 Å². The number of halogens is 4. The highest BCUT2D eigenvalue weighted by molar-refractivity contribution is 7.92. The number of nitrogens with zero attached hydrogens (tertiary/aromatic N) is 4. The number of ether oxygens (including phenoxy) is 4. The molecule has 1 saturated carbocycles. The molecule has 2 amide bonds. The van der Waals surface area contributed by atoms with Gasteiger partial charge in [-0.25, -0.2) is 8.42 Å². The summed E-state index contributed by atoms with van der Waals surface area (Å²) in [4.78, 5) is 43.3. The summed E-state index contributed by atoms with van der Waals surface area (Å²) in [7, 11) is -3.79. The SMILES string of the molecule is CS(=O)(=O)N(CCN1CCOCC1)c1ccc2c(c1)C(=O)N(CC(=O)OC(Cc1c(Cl)c[n+]([O-])cc1Cl)c1ccc(OC(F)F)c(OCC3CC3)c1)C2=O. The van der Waals surface area contributed by atoms with Crippen LogP contribution in [0.3, 0.4) is 0 Å². The van der Waals surface area contributed by atoms with Gasteiger partial charge in [-0.2, -0.15) is 13.5 Å². The summed E-state index contributed by atoms with van der Waals surface area (Å²) in [5.74, 6) is -2.70. The van der Waals surface area contributed by atoms with E-state index in [1.807, 2.05) is 0 Å². The highest BCUT2D eigenvalue weighted by Gasteiger charge is 2.39. The summed E-state index contributed by atoms with van der Waals surface area (Å²) in [6.07, 6.45) is 3.52. The second kappa shape index (κ2) is 16.6. The van der Waals surface area contributed by atoms with Gasteiger partial charge in [0, 0.05) is 38.2 Å². The first kappa shape index (κ1) is 39.4. The minimum absolute atomic E-state index is 0.0319. The van der Waals surface area contributed by atoms with Crippen molar-refractivity contribution in [1.29, 1.82) is 0 Å². The number of amides is 2. The van der Waals surface area contributed by atoms with Crippen LogP contribution in [0.5, 0.6) is 11.5 Å². The zero-order chi connectivity index (χ0) is 38.7. The first-order valence-corrected chi connectivity index (χ1v) is 19.5. The molecule has 1 aromatic heterocycles. The van der Waals surface area contributed by atoms with Gasteiger partial charge >= 0.3 is 12.6 Å². The predicted octanol–water partition coefficient (Wildman–Crippen LogP) is 4.24. The van der Waals surface area contributed by atoms with Crippen LogP contribution in [0.4, 0.5) is 14.5 Å². The van der Waals surface area contributed by atoms with E-state index in [9.17, 15) is 36.8 Å². The first-order valence-electron chi connectivity index (χ1n) is 16.9. The van der Waals surface area contributed by atoms with Gasteiger partial charge in [-0.15, -0.1) is 0 Å². The van der Waals surface area contributed by atoms with Gasteiger partial charge < -0.3 is 24.2 Å². The Balaban J connectivity index is 1.23. The normalized spacial score (nSPS) is 16.7. The third kappa shape index (κ3) is 9.49. The summed E-state index contributed by atoms with van der Waals surface area (Å²) >= 11 is 12.7.